The summed E-state index contributed by atoms with van der Waals surface area (Å²) < 4.78 is 0. The molecule has 4 aliphatic carbocycles. The first-order valence-electron chi connectivity index (χ1n) is 14.4. The van der Waals surface area contributed by atoms with Crippen LogP contribution in [-0.2, 0) is 0 Å². The van der Waals surface area contributed by atoms with Crippen LogP contribution < -0.4 is 5.73 Å². The Morgan fingerprint density at radius 3 is 2.06 bits per heavy atom. The first-order chi connectivity index (χ1) is 14.9. The third kappa shape index (κ3) is 5.92. The van der Waals surface area contributed by atoms with Crippen LogP contribution in [-0.4, -0.2) is 0 Å². The van der Waals surface area contributed by atoms with E-state index in [0.29, 0.717) is 10.8 Å². The Morgan fingerprint density at radius 1 is 0.774 bits per heavy atom. The zero-order valence-electron chi connectivity index (χ0n) is 22.9. The van der Waals surface area contributed by atoms with E-state index in [1.807, 2.05) is 41.5 Å². The average molecular weight is 434 g/mol. The lowest BCUT2D eigenvalue weighted by molar-refractivity contribution is -0.111. The summed E-state index contributed by atoms with van der Waals surface area (Å²) in [7, 11) is 0. The van der Waals surface area contributed by atoms with Gasteiger partial charge in [0.05, 0.1) is 0 Å². The molecule has 4 saturated carbocycles. The summed E-state index contributed by atoms with van der Waals surface area (Å²) in [6.07, 6.45) is 18.9. The van der Waals surface area contributed by atoms with Crippen molar-refractivity contribution in [1.29, 1.82) is 0 Å². The molecule has 0 amide bonds. The van der Waals surface area contributed by atoms with E-state index in [9.17, 15) is 0 Å². The predicted octanol–water partition coefficient (Wildman–Crippen LogP) is 9.76. The van der Waals surface area contributed by atoms with E-state index in [2.05, 4.69) is 20.4 Å². The number of nitrogens with two attached hydrogens (primary N) is 1. The van der Waals surface area contributed by atoms with E-state index in [-0.39, 0.29) is 0 Å². The van der Waals surface area contributed by atoms with Crippen LogP contribution in [0.3, 0.4) is 0 Å². The lowest BCUT2D eigenvalue weighted by Crippen LogP contribution is -2.52. The molecule has 1 heteroatoms. The van der Waals surface area contributed by atoms with E-state index < -0.39 is 0 Å². The third-order valence-electron chi connectivity index (χ3n) is 9.83. The van der Waals surface area contributed by atoms with Crippen LogP contribution in [0.15, 0.2) is 12.3 Å². The smallest absolute Gasteiger partial charge is 0.000744 e. The van der Waals surface area contributed by atoms with Gasteiger partial charge in [-0.25, -0.2) is 0 Å². The number of hydrogen-bond donors (Lipinski definition) is 1. The summed E-state index contributed by atoms with van der Waals surface area (Å²) >= 11 is 0. The number of fused-ring (bicyclic) bond motifs is 5. The number of rotatable bonds is 4. The molecule has 0 saturated heterocycles. The summed E-state index contributed by atoms with van der Waals surface area (Å²) in [5.41, 5.74) is 8.02. The minimum Gasteiger partial charge on any atom is -0.403 e. The van der Waals surface area contributed by atoms with Crippen molar-refractivity contribution in [2.75, 3.05) is 0 Å². The van der Waals surface area contributed by atoms with Crippen molar-refractivity contribution in [2.45, 2.75) is 139 Å². The molecule has 0 aromatic rings. The van der Waals surface area contributed by atoms with Gasteiger partial charge < -0.3 is 5.73 Å². The molecule has 0 bridgehead atoms. The Bertz CT molecular complexity index is 511. The van der Waals surface area contributed by atoms with Crippen LogP contribution >= 0.6 is 0 Å². The van der Waals surface area contributed by atoms with Gasteiger partial charge in [0.25, 0.3) is 0 Å². The molecular weight excluding hydrogens is 374 g/mol. The minimum absolute atomic E-state index is 0.634. The van der Waals surface area contributed by atoms with Gasteiger partial charge in [-0.1, -0.05) is 74.8 Å². The fourth-order valence-electron chi connectivity index (χ4n) is 8.45. The molecule has 31 heavy (non-hydrogen) atoms. The van der Waals surface area contributed by atoms with Crippen molar-refractivity contribution in [1.82, 2.24) is 0 Å². The Kier molecular flexibility index (Phi) is 12.3. The van der Waals surface area contributed by atoms with Gasteiger partial charge in [-0.2, -0.15) is 0 Å². The lowest BCUT2D eigenvalue weighted by Gasteiger charge is -2.60. The number of allylic oxidation sites excluding steroid dienone is 1. The van der Waals surface area contributed by atoms with E-state index in [4.69, 9.17) is 5.73 Å². The van der Waals surface area contributed by atoms with Crippen molar-refractivity contribution in [2.24, 2.45) is 46.2 Å². The molecule has 184 valence electrons. The second kappa shape index (κ2) is 13.3. The molecule has 7 unspecified atom stereocenters. The van der Waals surface area contributed by atoms with Crippen molar-refractivity contribution in [3.63, 3.8) is 0 Å². The summed E-state index contributed by atoms with van der Waals surface area (Å²) in [6, 6.07) is 0. The summed E-state index contributed by atoms with van der Waals surface area (Å²) in [5.74, 6) is 5.13. The molecule has 4 rings (SSSR count). The zero-order chi connectivity index (χ0) is 23.7. The molecule has 0 radical (unpaired) electrons. The van der Waals surface area contributed by atoms with Crippen molar-refractivity contribution in [3.8, 4) is 0 Å². The SMILES string of the molecule is C=C(N)CCCC1CCC2C3CCC4CCCCC4(C)C3CCC12C.CC.CC.CC. The molecule has 4 fully saturated rings. The van der Waals surface area contributed by atoms with Gasteiger partial charge >= 0.3 is 0 Å². The van der Waals surface area contributed by atoms with Gasteiger partial charge in [0.2, 0.25) is 0 Å². The average Bonchev–Trinajstić information content (AvgIpc) is 3.14. The van der Waals surface area contributed by atoms with Crippen LogP contribution in [0.2, 0.25) is 0 Å². The van der Waals surface area contributed by atoms with Crippen LogP contribution in [0, 0.1) is 40.4 Å². The molecule has 4 aliphatic rings. The Morgan fingerprint density at radius 2 is 1.42 bits per heavy atom. The first-order valence-corrected chi connectivity index (χ1v) is 14.4. The molecule has 0 heterocycles. The van der Waals surface area contributed by atoms with Gasteiger partial charge in [-0.15, -0.1) is 0 Å². The van der Waals surface area contributed by atoms with Crippen LogP contribution in [0.4, 0.5) is 0 Å². The lowest BCUT2D eigenvalue weighted by atomic mass is 9.45. The first kappa shape index (κ1) is 28.6. The fraction of sp³-hybridized carbons (Fsp3) is 0.933. The van der Waals surface area contributed by atoms with Crippen LogP contribution in [0.1, 0.15) is 139 Å². The van der Waals surface area contributed by atoms with Gasteiger partial charge in [0.15, 0.2) is 0 Å². The van der Waals surface area contributed by atoms with E-state index in [1.54, 1.807) is 12.8 Å². The largest absolute Gasteiger partial charge is 0.403 e. The second-order valence-electron chi connectivity index (χ2n) is 10.8. The molecule has 0 aromatic heterocycles. The third-order valence-corrected chi connectivity index (χ3v) is 9.83. The Labute approximate surface area is 197 Å². The van der Waals surface area contributed by atoms with Crippen LogP contribution in [0.5, 0.6) is 0 Å². The molecule has 0 aliphatic heterocycles. The minimum atomic E-state index is 0.634. The zero-order valence-corrected chi connectivity index (χ0v) is 22.9. The molecular formula is C30H59N. The van der Waals surface area contributed by atoms with Gasteiger partial charge in [0, 0.05) is 5.70 Å². The fourth-order valence-corrected chi connectivity index (χ4v) is 8.45. The Hall–Kier alpha value is -0.460. The van der Waals surface area contributed by atoms with E-state index >= 15 is 0 Å². The molecule has 7 atom stereocenters. The highest BCUT2D eigenvalue weighted by molar-refractivity contribution is 5.08. The van der Waals surface area contributed by atoms with Crippen LogP contribution in [0.25, 0.3) is 0 Å². The highest BCUT2D eigenvalue weighted by Crippen LogP contribution is 2.67. The molecule has 0 aromatic carbocycles. The standard InChI is InChI=1S/C24H41N.3C2H6/c1-17(25)7-6-9-19-11-13-21-20-12-10-18-8-4-5-15-23(18,2)22(20)14-16-24(19,21)3;3*1-2/h18-22H,1,4-16,25H2,2-3H3;3*1-2H3. The van der Waals surface area contributed by atoms with Gasteiger partial charge in [-0.05, 0) is 111 Å². The van der Waals surface area contributed by atoms with E-state index in [0.717, 1.165) is 41.7 Å². The topological polar surface area (TPSA) is 26.0 Å². The van der Waals surface area contributed by atoms with Crippen molar-refractivity contribution in [3.05, 3.63) is 12.3 Å². The number of hydrogen-bond acceptors (Lipinski definition) is 1. The summed E-state index contributed by atoms with van der Waals surface area (Å²) in [5, 5.41) is 0. The summed E-state index contributed by atoms with van der Waals surface area (Å²) in [6.45, 7) is 21.3. The maximum Gasteiger partial charge on any atom is 0.000744 e. The maximum atomic E-state index is 5.81. The molecule has 2 N–H and O–H groups in total. The van der Waals surface area contributed by atoms with E-state index in [1.165, 1.54) is 64.2 Å². The highest BCUT2D eigenvalue weighted by atomic mass is 14.6. The predicted molar refractivity (Wildman–Crippen MR) is 141 cm³/mol. The van der Waals surface area contributed by atoms with Gasteiger partial charge in [-0.3, -0.25) is 0 Å². The Balaban J connectivity index is 0.000000739. The van der Waals surface area contributed by atoms with Crippen molar-refractivity contribution < 1.29 is 0 Å². The molecule has 0 spiro atoms. The van der Waals surface area contributed by atoms with Crippen molar-refractivity contribution >= 4 is 0 Å². The second-order valence-corrected chi connectivity index (χ2v) is 10.8. The highest BCUT2D eigenvalue weighted by Gasteiger charge is 2.59. The van der Waals surface area contributed by atoms with Gasteiger partial charge in [0.1, 0.15) is 0 Å². The maximum absolute atomic E-state index is 5.81. The summed E-state index contributed by atoms with van der Waals surface area (Å²) in [4.78, 5) is 0. The molecule has 1 nitrogen and oxygen atoms in total. The normalized spacial score (nSPS) is 40.2. The monoisotopic (exact) mass is 433 g/mol. The quantitative estimate of drug-likeness (QED) is 0.469.